The maximum absolute atomic E-state index is 13.6. The van der Waals surface area contributed by atoms with Gasteiger partial charge in [0.1, 0.15) is 0 Å². The molecule has 6 aliphatic rings. The Morgan fingerprint density at radius 3 is 2.48 bits per heavy atom. The van der Waals surface area contributed by atoms with E-state index in [0.717, 1.165) is 57.2 Å². The van der Waals surface area contributed by atoms with Gasteiger partial charge in [0.25, 0.3) is 0 Å². The number of piperidine rings is 1. The normalized spacial score (nSPS) is 37.8. The number of nitrogens with zero attached hydrogens (tertiary/aromatic N) is 2. The summed E-state index contributed by atoms with van der Waals surface area (Å²) >= 11 is 0. The van der Waals surface area contributed by atoms with Crippen molar-refractivity contribution in [2.45, 2.75) is 55.5 Å². The number of carbonyl (C=O) groups is 2. The quantitative estimate of drug-likeness (QED) is 0.647. The molecule has 1 amide bonds. The van der Waals surface area contributed by atoms with Gasteiger partial charge in [-0.1, -0.05) is 6.07 Å². The fourth-order valence-electron chi connectivity index (χ4n) is 9.01. The van der Waals surface area contributed by atoms with Gasteiger partial charge in [0, 0.05) is 11.5 Å². The standard InChI is InChI=1S/C25H32N2O6/c1-30-17-7-6-15-18(19(17)31-2)27(22(29)33-4)25-10-9-23(14-16(25)20(28)32-3)8-5-12-26-13-11-24(15,25)21(23)26/h6-7,16,21H,5,8-14H2,1-4H3/t16-,21+,23-,24-,25-/m1/s1. The van der Waals surface area contributed by atoms with Gasteiger partial charge >= 0.3 is 12.1 Å². The molecule has 0 unspecified atom stereocenters. The number of amides is 1. The third kappa shape index (κ3) is 2.13. The molecule has 3 aliphatic heterocycles. The number of ether oxygens (including phenoxy) is 4. The lowest BCUT2D eigenvalue weighted by Gasteiger charge is -2.69. The SMILES string of the molecule is COC(=O)[C@H]1C[C@@]23CCCN4CC[C@@]5(c6ccc(OC)c(OC)c6N(C(=O)OC)[C@]15CC2)[C@@H]43. The molecule has 3 saturated carbocycles. The lowest BCUT2D eigenvalue weighted by atomic mass is 9.38. The summed E-state index contributed by atoms with van der Waals surface area (Å²) < 4.78 is 22.3. The Balaban J connectivity index is 1.72. The predicted molar refractivity (Wildman–Crippen MR) is 120 cm³/mol. The lowest BCUT2D eigenvalue weighted by molar-refractivity contribution is -0.174. The Hall–Kier alpha value is -2.48. The first-order chi connectivity index (χ1) is 16.0. The zero-order chi connectivity index (χ0) is 23.2. The van der Waals surface area contributed by atoms with E-state index in [9.17, 15) is 9.59 Å². The maximum Gasteiger partial charge on any atom is 0.414 e. The van der Waals surface area contributed by atoms with Gasteiger partial charge in [-0.05, 0) is 68.7 Å². The first-order valence-corrected chi connectivity index (χ1v) is 11.9. The van der Waals surface area contributed by atoms with E-state index in [1.54, 1.807) is 19.1 Å². The van der Waals surface area contributed by atoms with Crippen LogP contribution < -0.4 is 14.4 Å². The highest BCUT2D eigenvalue weighted by atomic mass is 16.5. The number of esters is 1. The second-order valence-corrected chi connectivity index (χ2v) is 10.3. The van der Waals surface area contributed by atoms with Crippen LogP contribution in [0, 0.1) is 11.3 Å². The van der Waals surface area contributed by atoms with Crippen LogP contribution in [0.4, 0.5) is 10.5 Å². The molecule has 1 aromatic carbocycles. The van der Waals surface area contributed by atoms with Crippen molar-refractivity contribution in [1.82, 2.24) is 4.90 Å². The molecule has 3 spiro atoms. The van der Waals surface area contributed by atoms with Crippen LogP contribution in [0.1, 0.15) is 44.1 Å². The Labute approximate surface area is 194 Å². The zero-order valence-electron chi connectivity index (χ0n) is 19.8. The Morgan fingerprint density at radius 1 is 0.970 bits per heavy atom. The molecular formula is C25H32N2O6. The molecule has 2 saturated heterocycles. The molecule has 8 nitrogen and oxygen atoms in total. The number of methoxy groups -OCH3 is 4. The number of hydrogen-bond donors (Lipinski definition) is 0. The first-order valence-electron chi connectivity index (χ1n) is 11.9. The average Bonchev–Trinajstić information content (AvgIpc) is 3.38. The maximum atomic E-state index is 13.6. The van der Waals surface area contributed by atoms with E-state index >= 15 is 0 Å². The molecule has 33 heavy (non-hydrogen) atoms. The van der Waals surface area contributed by atoms with Gasteiger partial charge in [0.15, 0.2) is 11.5 Å². The van der Waals surface area contributed by atoms with Crippen LogP contribution in [0.2, 0.25) is 0 Å². The molecule has 2 bridgehead atoms. The Bertz CT molecular complexity index is 1040. The van der Waals surface area contributed by atoms with Crippen molar-refractivity contribution in [3.05, 3.63) is 17.7 Å². The van der Waals surface area contributed by atoms with Gasteiger partial charge in [-0.15, -0.1) is 0 Å². The minimum Gasteiger partial charge on any atom is -0.493 e. The van der Waals surface area contributed by atoms with E-state index in [2.05, 4.69) is 11.0 Å². The summed E-state index contributed by atoms with van der Waals surface area (Å²) in [5.41, 5.74) is 0.686. The monoisotopic (exact) mass is 456 g/mol. The molecule has 5 atom stereocenters. The molecule has 0 radical (unpaired) electrons. The molecule has 7 rings (SSSR count). The topological polar surface area (TPSA) is 77.5 Å². The molecule has 3 aliphatic carbocycles. The van der Waals surface area contributed by atoms with E-state index in [4.69, 9.17) is 18.9 Å². The molecule has 3 heterocycles. The highest BCUT2D eigenvalue weighted by molar-refractivity contribution is 5.99. The number of fused-ring (bicyclic) bond motifs is 3. The van der Waals surface area contributed by atoms with Crippen LogP contribution in [-0.4, -0.2) is 70.1 Å². The van der Waals surface area contributed by atoms with Gasteiger partial charge in [0.05, 0.1) is 45.6 Å². The fourth-order valence-corrected chi connectivity index (χ4v) is 9.01. The third-order valence-corrected chi connectivity index (χ3v) is 9.75. The number of rotatable bonds is 3. The highest BCUT2D eigenvalue weighted by Gasteiger charge is 2.82. The van der Waals surface area contributed by atoms with Gasteiger partial charge in [-0.2, -0.15) is 0 Å². The predicted octanol–water partition coefficient (Wildman–Crippen LogP) is 3.11. The van der Waals surface area contributed by atoms with Crippen LogP contribution >= 0.6 is 0 Å². The Morgan fingerprint density at radius 2 is 1.79 bits per heavy atom. The molecule has 178 valence electrons. The van der Waals surface area contributed by atoms with E-state index in [1.807, 2.05) is 6.07 Å². The molecule has 0 aromatic heterocycles. The average molecular weight is 457 g/mol. The van der Waals surface area contributed by atoms with Crippen molar-refractivity contribution in [3.63, 3.8) is 0 Å². The molecule has 0 N–H and O–H groups in total. The number of carbonyl (C=O) groups excluding carboxylic acids is 2. The zero-order valence-corrected chi connectivity index (χ0v) is 19.8. The summed E-state index contributed by atoms with van der Waals surface area (Å²) in [4.78, 5) is 31.5. The molecule has 5 fully saturated rings. The van der Waals surface area contributed by atoms with Crippen LogP contribution in [0.3, 0.4) is 0 Å². The summed E-state index contributed by atoms with van der Waals surface area (Å²) in [5, 5.41) is 0. The van der Waals surface area contributed by atoms with Crippen LogP contribution in [0.5, 0.6) is 11.5 Å². The van der Waals surface area contributed by atoms with E-state index in [1.165, 1.54) is 14.2 Å². The van der Waals surface area contributed by atoms with Crippen molar-refractivity contribution in [2.24, 2.45) is 11.3 Å². The Kier molecular flexibility index (Phi) is 4.33. The van der Waals surface area contributed by atoms with Crippen LogP contribution in [0.15, 0.2) is 12.1 Å². The van der Waals surface area contributed by atoms with Gasteiger partial charge in [0.2, 0.25) is 0 Å². The van der Waals surface area contributed by atoms with Crippen LogP contribution in [-0.2, 0) is 19.7 Å². The third-order valence-electron chi connectivity index (χ3n) is 9.75. The fraction of sp³-hybridized carbons (Fsp3) is 0.680. The summed E-state index contributed by atoms with van der Waals surface area (Å²) in [6.45, 7) is 2.03. The highest BCUT2D eigenvalue weighted by Crippen LogP contribution is 2.77. The van der Waals surface area contributed by atoms with Gasteiger partial charge in [-0.3, -0.25) is 14.6 Å². The molecule has 1 aromatic rings. The van der Waals surface area contributed by atoms with E-state index in [-0.39, 0.29) is 22.8 Å². The van der Waals surface area contributed by atoms with E-state index < -0.39 is 17.6 Å². The van der Waals surface area contributed by atoms with Gasteiger partial charge in [-0.25, -0.2) is 4.79 Å². The first kappa shape index (κ1) is 21.1. The summed E-state index contributed by atoms with van der Waals surface area (Å²) in [6, 6.07) is 4.32. The van der Waals surface area contributed by atoms with E-state index in [0.29, 0.717) is 17.2 Å². The minimum absolute atomic E-state index is 0.0475. The van der Waals surface area contributed by atoms with Crippen molar-refractivity contribution in [1.29, 1.82) is 0 Å². The molecular weight excluding hydrogens is 424 g/mol. The molecule has 8 heteroatoms. The summed E-state index contributed by atoms with van der Waals surface area (Å²) in [6.07, 6.45) is 5.16. The summed E-state index contributed by atoms with van der Waals surface area (Å²) in [7, 11) is 6.06. The van der Waals surface area contributed by atoms with Crippen molar-refractivity contribution in [3.8, 4) is 11.5 Å². The lowest BCUT2D eigenvalue weighted by Crippen LogP contribution is -2.79. The number of hydrogen-bond acceptors (Lipinski definition) is 7. The smallest absolute Gasteiger partial charge is 0.414 e. The second-order valence-electron chi connectivity index (χ2n) is 10.3. The van der Waals surface area contributed by atoms with Crippen molar-refractivity contribution < 1.29 is 28.5 Å². The van der Waals surface area contributed by atoms with Crippen molar-refractivity contribution >= 4 is 17.7 Å². The van der Waals surface area contributed by atoms with Crippen LogP contribution in [0.25, 0.3) is 0 Å². The second kappa shape index (κ2) is 6.78. The van der Waals surface area contributed by atoms with Crippen molar-refractivity contribution in [2.75, 3.05) is 46.4 Å². The minimum atomic E-state index is -0.756. The summed E-state index contributed by atoms with van der Waals surface area (Å²) in [5.74, 6) is 0.430. The largest absolute Gasteiger partial charge is 0.493 e. The van der Waals surface area contributed by atoms with Gasteiger partial charge < -0.3 is 18.9 Å². The number of anilines is 1. The number of benzene rings is 1.